The molecule has 5 rings (SSSR count). The second kappa shape index (κ2) is 11.5. The van der Waals surface area contributed by atoms with Gasteiger partial charge in [-0.25, -0.2) is 9.79 Å². The summed E-state index contributed by atoms with van der Waals surface area (Å²) in [7, 11) is 1.57. The normalized spacial score (nSPS) is 17.5. The van der Waals surface area contributed by atoms with Crippen molar-refractivity contribution in [2.75, 3.05) is 25.2 Å². The molecule has 3 heterocycles. The van der Waals surface area contributed by atoms with Gasteiger partial charge in [0.05, 0.1) is 46.8 Å². The van der Waals surface area contributed by atoms with E-state index < -0.39 is 12.0 Å². The fourth-order valence-electron chi connectivity index (χ4n) is 5.18. The summed E-state index contributed by atoms with van der Waals surface area (Å²) in [4.78, 5) is 48.3. The average Bonchev–Trinajstić information content (AvgIpc) is 3.39. The molecule has 1 amide bonds. The second-order valence-electron chi connectivity index (χ2n) is 9.21. The maximum Gasteiger partial charge on any atom is 0.338 e. The number of halogens is 2. The number of fused-ring (bicyclic) bond motifs is 2. The number of aromatic nitrogens is 1. The molecule has 3 aromatic rings. The number of ether oxygens (including phenoxy) is 2. The van der Waals surface area contributed by atoms with Crippen LogP contribution in [0.2, 0.25) is 0 Å². The van der Waals surface area contributed by atoms with Crippen LogP contribution in [0.5, 0.6) is 5.75 Å². The third-order valence-electron chi connectivity index (χ3n) is 6.88. The van der Waals surface area contributed by atoms with Crippen LogP contribution in [-0.2, 0) is 14.3 Å². The van der Waals surface area contributed by atoms with E-state index in [-0.39, 0.29) is 22.6 Å². The smallest absolute Gasteiger partial charge is 0.338 e. The van der Waals surface area contributed by atoms with Crippen molar-refractivity contribution in [2.24, 2.45) is 4.99 Å². The highest BCUT2D eigenvalue weighted by molar-refractivity contribution is 9.10. The highest BCUT2D eigenvalue weighted by Gasteiger charge is 2.37. The highest BCUT2D eigenvalue weighted by atomic mass is 79.9. The van der Waals surface area contributed by atoms with Crippen molar-refractivity contribution in [2.45, 2.75) is 39.7 Å². The van der Waals surface area contributed by atoms with Crippen molar-refractivity contribution >= 4 is 66.3 Å². The molecule has 1 atom stereocenters. The molecule has 0 saturated carbocycles. The SMILES string of the molecule is CCCC1=C(C(=O)OCC)[C@H](c2ccc(OC)c(Br)c2)n2c(s/c(=C3/C(=O)N(CC)c4ccc(Br)cc43)c2=O)=N1. The maximum atomic E-state index is 14.3. The summed E-state index contributed by atoms with van der Waals surface area (Å²) < 4.78 is 14.2. The topological polar surface area (TPSA) is 90.2 Å². The van der Waals surface area contributed by atoms with E-state index >= 15 is 0 Å². The number of anilines is 1. The fourth-order valence-corrected chi connectivity index (χ4v) is 7.21. The number of hydrogen-bond donors (Lipinski definition) is 0. The first-order valence-electron chi connectivity index (χ1n) is 12.9. The number of carbonyl (C=O) groups excluding carboxylic acids is 2. The monoisotopic (exact) mass is 687 g/mol. The molecule has 2 aliphatic rings. The van der Waals surface area contributed by atoms with Gasteiger partial charge in [0.15, 0.2) is 4.80 Å². The van der Waals surface area contributed by atoms with E-state index in [9.17, 15) is 14.4 Å². The van der Waals surface area contributed by atoms with E-state index in [1.807, 2.05) is 44.2 Å². The zero-order valence-electron chi connectivity index (χ0n) is 22.4. The number of nitrogens with zero attached hydrogens (tertiary/aromatic N) is 3. The zero-order valence-corrected chi connectivity index (χ0v) is 26.4. The summed E-state index contributed by atoms with van der Waals surface area (Å²) >= 11 is 8.23. The lowest BCUT2D eigenvalue weighted by atomic mass is 9.94. The van der Waals surface area contributed by atoms with Crippen molar-refractivity contribution in [3.63, 3.8) is 0 Å². The van der Waals surface area contributed by atoms with Crippen LogP contribution >= 0.6 is 43.2 Å². The molecule has 40 heavy (non-hydrogen) atoms. The molecular weight excluding hydrogens is 662 g/mol. The van der Waals surface area contributed by atoms with Crippen LogP contribution in [-0.4, -0.2) is 36.7 Å². The summed E-state index contributed by atoms with van der Waals surface area (Å²) in [5.74, 6) is -0.136. The van der Waals surface area contributed by atoms with Crippen molar-refractivity contribution in [1.82, 2.24) is 4.57 Å². The molecule has 0 spiro atoms. The van der Waals surface area contributed by atoms with Crippen molar-refractivity contribution in [1.29, 1.82) is 0 Å². The number of amides is 1. The number of carbonyl (C=O) groups is 2. The third-order valence-corrected chi connectivity index (χ3v) is 9.05. The minimum absolute atomic E-state index is 0.183. The molecule has 0 radical (unpaired) electrons. The van der Waals surface area contributed by atoms with Gasteiger partial charge in [-0.1, -0.05) is 46.7 Å². The Balaban J connectivity index is 1.86. The largest absolute Gasteiger partial charge is 0.496 e. The highest BCUT2D eigenvalue weighted by Crippen LogP contribution is 2.38. The number of benzene rings is 2. The zero-order chi connectivity index (χ0) is 28.7. The number of hydrogen-bond acceptors (Lipinski definition) is 7. The third kappa shape index (κ3) is 4.67. The average molecular weight is 689 g/mol. The van der Waals surface area contributed by atoms with Crippen molar-refractivity contribution in [3.8, 4) is 5.75 Å². The molecule has 208 valence electrons. The predicted molar refractivity (Wildman–Crippen MR) is 161 cm³/mol. The van der Waals surface area contributed by atoms with E-state index in [0.29, 0.717) is 56.0 Å². The van der Waals surface area contributed by atoms with Crippen LogP contribution in [0.1, 0.15) is 50.8 Å². The predicted octanol–water partition coefficient (Wildman–Crippen LogP) is 4.85. The first-order chi connectivity index (χ1) is 19.2. The van der Waals surface area contributed by atoms with Crippen molar-refractivity contribution in [3.05, 3.63) is 87.4 Å². The number of allylic oxidation sites excluding steroid dienone is 1. The molecule has 2 aromatic carbocycles. The lowest BCUT2D eigenvalue weighted by Gasteiger charge is -2.26. The molecule has 0 saturated heterocycles. The maximum absolute atomic E-state index is 14.3. The lowest BCUT2D eigenvalue weighted by molar-refractivity contribution is -0.139. The van der Waals surface area contributed by atoms with Crippen LogP contribution in [0.15, 0.2) is 66.4 Å². The van der Waals surface area contributed by atoms with Crippen LogP contribution in [0.4, 0.5) is 5.69 Å². The van der Waals surface area contributed by atoms with E-state index in [1.54, 1.807) is 25.0 Å². The minimum atomic E-state index is -0.797. The Morgan fingerprint density at radius 1 is 1.10 bits per heavy atom. The van der Waals surface area contributed by atoms with Crippen LogP contribution in [0, 0.1) is 0 Å². The van der Waals surface area contributed by atoms with Gasteiger partial charge in [0.2, 0.25) is 0 Å². The Bertz CT molecular complexity index is 1760. The molecule has 0 unspecified atom stereocenters. The fraction of sp³-hybridized carbons (Fsp3) is 0.310. The Morgan fingerprint density at radius 3 is 2.52 bits per heavy atom. The van der Waals surface area contributed by atoms with Gasteiger partial charge in [-0.3, -0.25) is 14.2 Å². The molecule has 0 bridgehead atoms. The van der Waals surface area contributed by atoms with Gasteiger partial charge < -0.3 is 14.4 Å². The summed E-state index contributed by atoms with van der Waals surface area (Å²) in [5.41, 5.74) is 2.99. The van der Waals surface area contributed by atoms with Gasteiger partial charge in [-0.05, 0) is 72.1 Å². The molecular formula is C29H27Br2N3O5S. The van der Waals surface area contributed by atoms with Crippen LogP contribution in [0.25, 0.3) is 5.57 Å². The Labute approximate surface area is 251 Å². The standard InChI is InChI=1S/C29H27Br2N3O5S/c1-5-8-19-23(28(37)39-7-3)24(15-9-12-21(38-4)18(31)13-15)34-27(36)25(40-29(34)32-19)22-17-14-16(30)10-11-20(17)33(6-2)26(22)35/h9-14,24H,5-8H2,1-4H3/b25-22+/t24-/m0/s1. The Hall–Kier alpha value is -3.02. The number of likely N-dealkylation sites (N-methyl/N-ethyl adjacent to an activating group) is 1. The van der Waals surface area contributed by atoms with Gasteiger partial charge in [0.1, 0.15) is 10.3 Å². The first-order valence-corrected chi connectivity index (χ1v) is 15.4. The van der Waals surface area contributed by atoms with Crippen LogP contribution < -0.4 is 24.5 Å². The van der Waals surface area contributed by atoms with E-state index in [2.05, 4.69) is 31.9 Å². The van der Waals surface area contributed by atoms with Gasteiger partial charge in [0, 0.05) is 16.6 Å². The molecule has 0 fully saturated rings. The summed E-state index contributed by atoms with van der Waals surface area (Å²) in [6.45, 7) is 6.30. The Morgan fingerprint density at radius 2 is 1.88 bits per heavy atom. The summed E-state index contributed by atoms with van der Waals surface area (Å²) in [6, 6.07) is 10.3. The van der Waals surface area contributed by atoms with Gasteiger partial charge in [-0.15, -0.1) is 0 Å². The molecule has 1 aromatic heterocycles. The number of rotatable bonds is 7. The quantitative estimate of drug-likeness (QED) is 0.331. The van der Waals surface area contributed by atoms with Gasteiger partial charge in [0.25, 0.3) is 11.5 Å². The van der Waals surface area contributed by atoms with Crippen LogP contribution in [0.3, 0.4) is 0 Å². The molecule has 8 nitrogen and oxygen atoms in total. The van der Waals surface area contributed by atoms with Gasteiger partial charge >= 0.3 is 5.97 Å². The summed E-state index contributed by atoms with van der Waals surface area (Å²) in [6.07, 6.45) is 1.27. The van der Waals surface area contributed by atoms with Gasteiger partial charge in [-0.2, -0.15) is 0 Å². The van der Waals surface area contributed by atoms with E-state index in [1.165, 1.54) is 15.9 Å². The molecule has 0 N–H and O–H groups in total. The Kier molecular flexibility index (Phi) is 8.17. The van der Waals surface area contributed by atoms with E-state index in [0.717, 1.165) is 16.6 Å². The minimum Gasteiger partial charge on any atom is -0.496 e. The second-order valence-corrected chi connectivity index (χ2v) is 12.0. The molecule has 0 aliphatic carbocycles. The van der Waals surface area contributed by atoms with E-state index in [4.69, 9.17) is 14.5 Å². The number of esters is 1. The number of thiazole rings is 1. The lowest BCUT2D eigenvalue weighted by Crippen LogP contribution is -2.41. The molecule has 11 heteroatoms. The number of methoxy groups -OCH3 is 1. The summed E-state index contributed by atoms with van der Waals surface area (Å²) in [5, 5.41) is 0. The first kappa shape index (κ1) is 28.5. The molecule has 2 aliphatic heterocycles. The van der Waals surface area contributed by atoms with Crippen molar-refractivity contribution < 1.29 is 19.1 Å².